The highest BCUT2D eigenvalue weighted by Crippen LogP contribution is 2.48. The van der Waals surface area contributed by atoms with Crippen LogP contribution in [0.5, 0.6) is 0 Å². The SMILES string of the molecule is CCOP(=O)(CCCOC(=O)CC)OCC. The first-order chi connectivity index (χ1) is 7.58. The van der Waals surface area contributed by atoms with Crippen molar-refractivity contribution in [2.24, 2.45) is 0 Å². The molecule has 0 N–H and O–H groups in total. The maximum absolute atomic E-state index is 11.9. The zero-order chi connectivity index (χ0) is 12.4. The van der Waals surface area contributed by atoms with Gasteiger partial charge in [-0.3, -0.25) is 9.36 Å². The van der Waals surface area contributed by atoms with Crippen LogP contribution in [0.1, 0.15) is 33.6 Å². The number of esters is 1. The molecule has 0 rings (SSSR count). The van der Waals surface area contributed by atoms with E-state index in [1.165, 1.54) is 0 Å². The van der Waals surface area contributed by atoms with Gasteiger partial charge in [-0.25, -0.2) is 0 Å². The Hall–Kier alpha value is -0.380. The van der Waals surface area contributed by atoms with Crippen LogP contribution in [0.2, 0.25) is 0 Å². The molecule has 0 atom stereocenters. The zero-order valence-electron chi connectivity index (χ0n) is 10.2. The third kappa shape index (κ3) is 6.99. The summed E-state index contributed by atoms with van der Waals surface area (Å²) < 4.78 is 27.0. The maximum atomic E-state index is 11.9. The molecule has 0 aliphatic heterocycles. The van der Waals surface area contributed by atoms with Gasteiger partial charge >= 0.3 is 13.6 Å². The quantitative estimate of drug-likeness (QED) is 0.358. The van der Waals surface area contributed by atoms with E-state index in [0.29, 0.717) is 26.1 Å². The molecule has 0 aliphatic carbocycles. The van der Waals surface area contributed by atoms with Gasteiger partial charge in [-0.2, -0.15) is 0 Å². The van der Waals surface area contributed by atoms with Gasteiger partial charge in [0.05, 0.1) is 26.0 Å². The average Bonchev–Trinajstić information content (AvgIpc) is 2.25. The van der Waals surface area contributed by atoms with Crippen molar-refractivity contribution in [3.8, 4) is 0 Å². The Morgan fingerprint density at radius 3 is 2.12 bits per heavy atom. The first-order valence-corrected chi connectivity index (χ1v) is 7.34. The molecule has 0 amide bonds. The molecule has 0 aliphatic rings. The van der Waals surface area contributed by atoms with Crippen LogP contribution in [0.25, 0.3) is 0 Å². The summed E-state index contributed by atoms with van der Waals surface area (Å²) in [7, 11) is -2.98. The van der Waals surface area contributed by atoms with Crippen LogP contribution in [-0.2, 0) is 23.1 Å². The largest absolute Gasteiger partial charge is 0.466 e. The van der Waals surface area contributed by atoms with E-state index in [1.54, 1.807) is 20.8 Å². The Kier molecular flexibility index (Phi) is 8.53. The summed E-state index contributed by atoms with van der Waals surface area (Å²) in [4.78, 5) is 10.8. The summed E-state index contributed by atoms with van der Waals surface area (Å²) in [5, 5.41) is 0. The summed E-state index contributed by atoms with van der Waals surface area (Å²) in [6.07, 6.45) is 1.13. The van der Waals surface area contributed by atoms with Crippen LogP contribution in [-0.4, -0.2) is 32.0 Å². The van der Waals surface area contributed by atoms with Crippen LogP contribution in [0.3, 0.4) is 0 Å². The minimum atomic E-state index is -2.98. The molecule has 0 saturated heterocycles. The number of rotatable bonds is 9. The molecule has 5 nitrogen and oxygen atoms in total. The number of hydrogen-bond acceptors (Lipinski definition) is 5. The number of hydrogen-bond donors (Lipinski definition) is 0. The van der Waals surface area contributed by atoms with Gasteiger partial charge in [0, 0.05) is 6.42 Å². The first kappa shape index (κ1) is 15.6. The Bertz CT molecular complexity index is 231. The molecule has 0 aromatic heterocycles. The second-order valence-electron chi connectivity index (χ2n) is 3.10. The molecule has 0 fully saturated rings. The lowest BCUT2D eigenvalue weighted by atomic mass is 10.5. The van der Waals surface area contributed by atoms with Gasteiger partial charge in [0.15, 0.2) is 0 Å². The van der Waals surface area contributed by atoms with E-state index in [-0.39, 0.29) is 18.7 Å². The lowest BCUT2D eigenvalue weighted by Crippen LogP contribution is -2.07. The van der Waals surface area contributed by atoms with Crippen LogP contribution >= 0.6 is 7.60 Å². The van der Waals surface area contributed by atoms with Crippen LogP contribution in [0.15, 0.2) is 0 Å². The van der Waals surface area contributed by atoms with Crippen molar-refractivity contribution in [3.63, 3.8) is 0 Å². The third-order valence-electron chi connectivity index (χ3n) is 1.78. The Morgan fingerprint density at radius 2 is 1.69 bits per heavy atom. The van der Waals surface area contributed by atoms with Gasteiger partial charge in [0.1, 0.15) is 0 Å². The van der Waals surface area contributed by atoms with E-state index >= 15 is 0 Å². The van der Waals surface area contributed by atoms with Crippen LogP contribution in [0.4, 0.5) is 0 Å². The molecule has 0 heterocycles. The highest BCUT2D eigenvalue weighted by Gasteiger charge is 2.22. The van der Waals surface area contributed by atoms with Gasteiger partial charge in [-0.1, -0.05) is 6.92 Å². The van der Waals surface area contributed by atoms with Gasteiger partial charge in [-0.15, -0.1) is 0 Å². The second kappa shape index (κ2) is 8.74. The Balaban J connectivity index is 3.85. The smallest absolute Gasteiger partial charge is 0.330 e. The van der Waals surface area contributed by atoms with E-state index in [0.717, 1.165) is 0 Å². The summed E-state index contributed by atoms with van der Waals surface area (Å²) >= 11 is 0. The van der Waals surface area contributed by atoms with Crippen molar-refractivity contribution in [1.82, 2.24) is 0 Å². The minimum absolute atomic E-state index is 0.248. The standard InChI is InChI=1S/C10H21O5P/c1-4-10(11)13-8-7-9-16(12,14-5-2)15-6-3/h4-9H2,1-3H3. The summed E-state index contributed by atoms with van der Waals surface area (Å²) in [5.74, 6) is -0.248. The summed E-state index contributed by atoms with van der Waals surface area (Å²) in [5.41, 5.74) is 0. The van der Waals surface area contributed by atoms with Gasteiger partial charge in [-0.05, 0) is 20.3 Å². The lowest BCUT2D eigenvalue weighted by molar-refractivity contribution is -0.143. The van der Waals surface area contributed by atoms with Crippen molar-refractivity contribution >= 4 is 13.6 Å². The fourth-order valence-corrected chi connectivity index (χ4v) is 2.74. The molecule has 0 spiro atoms. The van der Waals surface area contributed by atoms with E-state index < -0.39 is 7.60 Å². The molecule has 0 aromatic rings. The highest BCUT2D eigenvalue weighted by atomic mass is 31.2. The topological polar surface area (TPSA) is 61.8 Å². The molecular weight excluding hydrogens is 231 g/mol. The van der Waals surface area contributed by atoms with Crippen molar-refractivity contribution in [3.05, 3.63) is 0 Å². The Morgan fingerprint density at radius 1 is 1.12 bits per heavy atom. The molecule has 0 unspecified atom stereocenters. The predicted octanol–water partition coefficient (Wildman–Crippen LogP) is 2.60. The van der Waals surface area contributed by atoms with Gasteiger partial charge in [0.25, 0.3) is 0 Å². The van der Waals surface area contributed by atoms with Crippen molar-refractivity contribution in [2.75, 3.05) is 26.0 Å². The molecule has 96 valence electrons. The Labute approximate surface area is 97.0 Å². The van der Waals surface area contributed by atoms with E-state index in [9.17, 15) is 9.36 Å². The highest BCUT2D eigenvalue weighted by molar-refractivity contribution is 7.53. The molecule has 0 saturated carbocycles. The summed E-state index contributed by atoms with van der Waals surface area (Å²) in [6, 6.07) is 0. The summed E-state index contributed by atoms with van der Waals surface area (Å²) in [6.45, 7) is 6.23. The molecular formula is C10H21O5P. The molecule has 0 bridgehead atoms. The fourth-order valence-electron chi connectivity index (χ4n) is 1.11. The van der Waals surface area contributed by atoms with E-state index in [4.69, 9.17) is 13.8 Å². The fraction of sp³-hybridized carbons (Fsp3) is 0.900. The predicted molar refractivity (Wildman–Crippen MR) is 61.6 cm³/mol. The van der Waals surface area contributed by atoms with Gasteiger partial charge in [0.2, 0.25) is 0 Å². The number of carbonyl (C=O) groups excluding carboxylic acids is 1. The zero-order valence-corrected chi connectivity index (χ0v) is 11.1. The third-order valence-corrected chi connectivity index (χ3v) is 3.95. The monoisotopic (exact) mass is 252 g/mol. The lowest BCUT2D eigenvalue weighted by Gasteiger charge is -2.16. The number of carbonyl (C=O) groups is 1. The van der Waals surface area contributed by atoms with E-state index in [1.807, 2.05) is 0 Å². The minimum Gasteiger partial charge on any atom is -0.466 e. The van der Waals surface area contributed by atoms with E-state index in [2.05, 4.69) is 0 Å². The molecule has 0 radical (unpaired) electrons. The van der Waals surface area contributed by atoms with Crippen molar-refractivity contribution in [2.45, 2.75) is 33.6 Å². The van der Waals surface area contributed by atoms with Gasteiger partial charge < -0.3 is 13.8 Å². The maximum Gasteiger partial charge on any atom is 0.330 e. The molecule has 16 heavy (non-hydrogen) atoms. The molecule has 6 heteroatoms. The van der Waals surface area contributed by atoms with Crippen LogP contribution in [0, 0.1) is 0 Å². The average molecular weight is 252 g/mol. The number of ether oxygens (including phenoxy) is 1. The first-order valence-electron chi connectivity index (χ1n) is 5.61. The van der Waals surface area contributed by atoms with Crippen molar-refractivity contribution in [1.29, 1.82) is 0 Å². The van der Waals surface area contributed by atoms with Crippen LogP contribution < -0.4 is 0 Å². The second-order valence-corrected chi connectivity index (χ2v) is 5.28. The molecule has 0 aromatic carbocycles. The normalized spacial score (nSPS) is 11.4. The van der Waals surface area contributed by atoms with Crippen molar-refractivity contribution < 1.29 is 23.1 Å².